The van der Waals surface area contributed by atoms with Crippen LogP contribution in [0, 0.1) is 0 Å². The SMILES string of the molecule is CCCCCCCCCCCCn1c(CS(=O)(=O)c2ccc(N)cc2)nc2ccccc21. The Balaban J connectivity index is 1.59. The van der Waals surface area contributed by atoms with Gasteiger partial charge in [-0.25, -0.2) is 13.4 Å². The van der Waals surface area contributed by atoms with Crippen LogP contribution < -0.4 is 5.73 Å². The molecule has 6 heteroatoms. The molecule has 0 unspecified atom stereocenters. The third-order valence-electron chi connectivity index (χ3n) is 6.03. The van der Waals surface area contributed by atoms with E-state index in [-0.39, 0.29) is 10.6 Å². The first-order chi connectivity index (χ1) is 15.5. The largest absolute Gasteiger partial charge is 0.399 e. The second kappa shape index (κ2) is 12.0. The summed E-state index contributed by atoms with van der Waals surface area (Å²) < 4.78 is 28.1. The number of para-hydroxylation sites is 2. The number of anilines is 1. The Labute approximate surface area is 193 Å². The number of fused-ring (bicyclic) bond motifs is 1. The summed E-state index contributed by atoms with van der Waals surface area (Å²) in [7, 11) is -3.49. The van der Waals surface area contributed by atoms with Gasteiger partial charge in [-0.3, -0.25) is 0 Å². The molecule has 2 N–H and O–H groups in total. The highest BCUT2D eigenvalue weighted by atomic mass is 32.2. The molecule has 0 amide bonds. The van der Waals surface area contributed by atoms with Gasteiger partial charge >= 0.3 is 0 Å². The van der Waals surface area contributed by atoms with Crippen molar-refractivity contribution in [2.75, 3.05) is 5.73 Å². The molecule has 0 aliphatic heterocycles. The summed E-state index contributed by atoms with van der Waals surface area (Å²) in [6.07, 6.45) is 12.8. The van der Waals surface area contributed by atoms with E-state index in [1.54, 1.807) is 24.3 Å². The molecule has 32 heavy (non-hydrogen) atoms. The summed E-state index contributed by atoms with van der Waals surface area (Å²) in [5.74, 6) is 0.502. The van der Waals surface area contributed by atoms with E-state index in [1.807, 2.05) is 24.3 Å². The van der Waals surface area contributed by atoms with Crippen LogP contribution in [0.1, 0.15) is 77.0 Å². The fraction of sp³-hybridized carbons (Fsp3) is 0.500. The Morgan fingerprint density at radius 1 is 0.812 bits per heavy atom. The molecule has 0 radical (unpaired) electrons. The van der Waals surface area contributed by atoms with E-state index in [0.29, 0.717) is 11.5 Å². The standard InChI is InChI=1S/C26H37N3O2S/c1-2-3-4-5-6-7-8-9-10-13-20-29-25-15-12-11-14-24(25)28-26(29)21-32(30,31)23-18-16-22(27)17-19-23/h11-12,14-19H,2-10,13,20-21,27H2,1H3. The molecule has 0 fully saturated rings. The number of aromatic nitrogens is 2. The fourth-order valence-electron chi connectivity index (χ4n) is 4.17. The van der Waals surface area contributed by atoms with Crippen LogP contribution in [0.2, 0.25) is 0 Å². The van der Waals surface area contributed by atoms with E-state index in [1.165, 1.54) is 51.4 Å². The second-order valence-corrected chi connectivity index (χ2v) is 10.7. The minimum atomic E-state index is -3.49. The molecule has 2 aromatic carbocycles. The van der Waals surface area contributed by atoms with Crippen molar-refractivity contribution in [2.24, 2.45) is 0 Å². The molecular weight excluding hydrogens is 418 g/mol. The van der Waals surface area contributed by atoms with E-state index in [4.69, 9.17) is 5.73 Å². The van der Waals surface area contributed by atoms with E-state index in [0.717, 1.165) is 30.4 Å². The van der Waals surface area contributed by atoms with Gasteiger partial charge in [-0.15, -0.1) is 0 Å². The van der Waals surface area contributed by atoms with Crippen LogP contribution in [-0.4, -0.2) is 18.0 Å². The maximum Gasteiger partial charge on any atom is 0.185 e. The highest BCUT2D eigenvalue weighted by Gasteiger charge is 2.20. The van der Waals surface area contributed by atoms with Gasteiger partial charge in [0.05, 0.1) is 15.9 Å². The number of nitrogens with two attached hydrogens (primary N) is 1. The summed E-state index contributed by atoms with van der Waals surface area (Å²) in [5.41, 5.74) is 8.12. The molecule has 0 aliphatic carbocycles. The van der Waals surface area contributed by atoms with Gasteiger partial charge in [0.15, 0.2) is 9.84 Å². The molecule has 0 spiro atoms. The van der Waals surface area contributed by atoms with Crippen molar-refractivity contribution in [3.63, 3.8) is 0 Å². The van der Waals surface area contributed by atoms with Gasteiger partial charge in [-0.2, -0.15) is 0 Å². The Hall–Kier alpha value is -2.34. The maximum atomic E-state index is 13.0. The number of benzene rings is 2. The Bertz CT molecular complexity index is 1070. The maximum absolute atomic E-state index is 13.0. The zero-order valence-electron chi connectivity index (χ0n) is 19.3. The molecule has 0 saturated heterocycles. The number of imidazole rings is 1. The summed E-state index contributed by atoms with van der Waals surface area (Å²) in [5, 5.41) is 0. The van der Waals surface area contributed by atoms with E-state index in [2.05, 4.69) is 16.5 Å². The molecule has 0 saturated carbocycles. The molecule has 1 aromatic heterocycles. The highest BCUT2D eigenvalue weighted by Crippen LogP contribution is 2.23. The smallest absolute Gasteiger partial charge is 0.185 e. The zero-order valence-corrected chi connectivity index (χ0v) is 20.1. The number of sulfone groups is 1. The Kier molecular flexibility index (Phi) is 9.15. The number of unbranched alkanes of at least 4 members (excludes halogenated alkanes) is 9. The van der Waals surface area contributed by atoms with Crippen molar-refractivity contribution in [1.82, 2.24) is 9.55 Å². The van der Waals surface area contributed by atoms with Crippen molar-refractivity contribution in [3.05, 3.63) is 54.4 Å². The number of rotatable bonds is 14. The van der Waals surface area contributed by atoms with E-state index < -0.39 is 9.84 Å². The van der Waals surface area contributed by atoms with Crippen molar-refractivity contribution < 1.29 is 8.42 Å². The minimum absolute atomic E-state index is 0.108. The molecule has 174 valence electrons. The molecule has 0 bridgehead atoms. The predicted molar refractivity (Wildman–Crippen MR) is 133 cm³/mol. The first-order valence-electron chi connectivity index (χ1n) is 12.0. The summed E-state index contributed by atoms with van der Waals surface area (Å²) in [6.45, 7) is 3.05. The monoisotopic (exact) mass is 455 g/mol. The Morgan fingerprint density at radius 3 is 2.06 bits per heavy atom. The lowest BCUT2D eigenvalue weighted by atomic mass is 10.1. The van der Waals surface area contributed by atoms with Crippen LogP contribution in [0.15, 0.2) is 53.4 Å². The van der Waals surface area contributed by atoms with Crippen LogP contribution in [-0.2, 0) is 22.1 Å². The van der Waals surface area contributed by atoms with Crippen molar-refractivity contribution in [2.45, 2.75) is 88.3 Å². The van der Waals surface area contributed by atoms with Gasteiger partial charge in [0.25, 0.3) is 0 Å². The average Bonchev–Trinajstić information content (AvgIpc) is 3.11. The molecular formula is C26H37N3O2S. The van der Waals surface area contributed by atoms with Gasteiger partial charge in [-0.05, 0) is 42.8 Å². The summed E-state index contributed by atoms with van der Waals surface area (Å²) >= 11 is 0. The van der Waals surface area contributed by atoms with Crippen LogP contribution in [0.4, 0.5) is 5.69 Å². The van der Waals surface area contributed by atoms with E-state index in [9.17, 15) is 8.42 Å². The molecule has 1 heterocycles. The van der Waals surface area contributed by atoms with Crippen LogP contribution in [0.3, 0.4) is 0 Å². The first kappa shape index (κ1) is 24.3. The predicted octanol–water partition coefficient (Wildman–Crippen LogP) is 6.51. The summed E-state index contributed by atoms with van der Waals surface area (Å²) in [4.78, 5) is 4.95. The lowest BCUT2D eigenvalue weighted by molar-refractivity contribution is 0.533. The molecule has 3 aromatic rings. The number of hydrogen-bond donors (Lipinski definition) is 1. The number of hydrogen-bond acceptors (Lipinski definition) is 4. The second-order valence-electron chi connectivity index (χ2n) is 8.68. The highest BCUT2D eigenvalue weighted by molar-refractivity contribution is 7.90. The van der Waals surface area contributed by atoms with Crippen molar-refractivity contribution in [1.29, 1.82) is 0 Å². The normalized spacial score (nSPS) is 11.9. The van der Waals surface area contributed by atoms with Crippen LogP contribution in [0.25, 0.3) is 11.0 Å². The number of nitrogens with zero attached hydrogens (tertiary/aromatic N) is 2. The van der Waals surface area contributed by atoms with Crippen LogP contribution in [0.5, 0.6) is 0 Å². The fourth-order valence-corrected chi connectivity index (χ4v) is 5.45. The molecule has 5 nitrogen and oxygen atoms in total. The quantitative estimate of drug-likeness (QED) is 0.222. The van der Waals surface area contributed by atoms with Gasteiger partial charge in [0.2, 0.25) is 0 Å². The van der Waals surface area contributed by atoms with Gasteiger partial charge in [0.1, 0.15) is 11.6 Å². The first-order valence-corrected chi connectivity index (χ1v) is 13.7. The Morgan fingerprint density at radius 2 is 1.41 bits per heavy atom. The summed E-state index contributed by atoms with van der Waals surface area (Å²) in [6, 6.07) is 14.3. The van der Waals surface area contributed by atoms with Gasteiger partial charge in [0, 0.05) is 12.2 Å². The minimum Gasteiger partial charge on any atom is -0.399 e. The number of aryl methyl sites for hydroxylation is 1. The van der Waals surface area contributed by atoms with Crippen LogP contribution >= 0.6 is 0 Å². The molecule has 0 atom stereocenters. The zero-order chi connectivity index (χ0) is 22.8. The van der Waals surface area contributed by atoms with Crippen molar-refractivity contribution >= 4 is 26.6 Å². The lowest BCUT2D eigenvalue weighted by Crippen LogP contribution is -2.11. The topological polar surface area (TPSA) is 78.0 Å². The molecule has 3 rings (SSSR count). The third kappa shape index (κ3) is 6.83. The molecule has 0 aliphatic rings. The van der Waals surface area contributed by atoms with E-state index >= 15 is 0 Å². The van der Waals surface area contributed by atoms with Gasteiger partial charge in [-0.1, -0.05) is 76.8 Å². The van der Waals surface area contributed by atoms with Gasteiger partial charge < -0.3 is 10.3 Å². The average molecular weight is 456 g/mol. The van der Waals surface area contributed by atoms with Crippen molar-refractivity contribution in [3.8, 4) is 0 Å². The number of nitrogen functional groups attached to an aromatic ring is 1. The lowest BCUT2D eigenvalue weighted by Gasteiger charge is -2.10. The third-order valence-corrected chi connectivity index (χ3v) is 7.66.